The average Bonchev–Trinajstić information content (AvgIpc) is 3.11. The van der Waals surface area contributed by atoms with E-state index in [2.05, 4.69) is 16.7 Å². The molecule has 2 aliphatic rings. The molecule has 0 saturated carbocycles. The van der Waals surface area contributed by atoms with Crippen LogP contribution in [0.4, 0.5) is 4.79 Å². The van der Waals surface area contributed by atoms with Crippen LogP contribution in [-0.4, -0.2) is 67.0 Å². The van der Waals surface area contributed by atoms with E-state index in [9.17, 15) is 14.4 Å². The summed E-state index contributed by atoms with van der Waals surface area (Å²) in [5, 5.41) is 6.01. The standard InChI is InChI=1S/C26H38N4O4/c1-7-29-21-15-30(20(13-16(2)3)24(31)27-11-8-12-34-6)25(32)22(21)23(28-26(29)33)19-10-9-17(4)14-18(19)5/h9-10,14,16,20,23H,7-8,11-13,15H2,1-6H3,(H,27,31)(H,28,33). The van der Waals surface area contributed by atoms with Crippen molar-refractivity contribution >= 4 is 17.8 Å². The smallest absolute Gasteiger partial charge is 0.322 e. The second-order valence-corrected chi connectivity index (χ2v) is 9.56. The summed E-state index contributed by atoms with van der Waals surface area (Å²) in [6.45, 7) is 11.7. The van der Waals surface area contributed by atoms with Gasteiger partial charge in [-0.15, -0.1) is 0 Å². The summed E-state index contributed by atoms with van der Waals surface area (Å²) < 4.78 is 5.07. The predicted molar refractivity (Wildman–Crippen MR) is 131 cm³/mol. The number of hydrogen-bond acceptors (Lipinski definition) is 4. The summed E-state index contributed by atoms with van der Waals surface area (Å²) in [5.74, 6) is -0.128. The Kier molecular flexibility index (Phi) is 8.36. The maximum absolute atomic E-state index is 13.9. The van der Waals surface area contributed by atoms with E-state index in [1.807, 2.05) is 46.8 Å². The topological polar surface area (TPSA) is 91.0 Å². The summed E-state index contributed by atoms with van der Waals surface area (Å²) in [7, 11) is 1.63. The first-order valence-corrected chi connectivity index (χ1v) is 12.1. The van der Waals surface area contributed by atoms with E-state index in [-0.39, 0.29) is 30.3 Å². The van der Waals surface area contributed by atoms with Gasteiger partial charge < -0.3 is 20.3 Å². The number of hydrogen-bond donors (Lipinski definition) is 2. The molecule has 2 atom stereocenters. The molecule has 186 valence electrons. The molecule has 0 bridgehead atoms. The van der Waals surface area contributed by atoms with Gasteiger partial charge in [0.1, 0.15) is 6.04 Å². The Balaban J connectivity index is 1.95. The maximum atomic E-state index is 13.9. The van der Waals surface area contributed by atoms with Gasteiger partial charge in [0.15, 0.2) is 0 Å². The highest BCUT2D eigenvalue weighted by Crippen LogP contribution is 2.38. The lowest BCUT2D eigenvalue weighted by atomic mass is 9.91. The van der Waals surface area contributed by atoms with Crippen LogP contribution in [-0.2, 0) is 14.3 Å². The number of nitrogens with one attached hydrogen (secondary N) is 2. The molecule has 4 amide bonds. The molecule has 8 nitrogen and oxygen atoms in total. The minimum absolute atomic E-state index is 0.164. The number of nitrogens with zero attached hydrogens (tertiary/aromatic N) is 2. The van der Waals surface area contributed by atoms with Crippen molar-refractivity contribution < 1.29 is 19.1 Å². The van der Waals surface area contributed by atoms with Gasteiger partial charge in [0.2, 0.25) is 5.91 Å². The van der Waals surface area contributed by atoms with E-state index in [0.29, 0.717) is 43.8 Å². The van der Waals surface area contributed by atoms with Crippen LogP contribution in [0.2, 0.25) is 0 Å². The highest BCUT2D eigenvalue weighted by atomic mass is 16.5. The first kappa shape index (κ1) is 25.7. The Hall–Kier alpha value is -2.87. The number of likely N-dealkylation sites (N-methyl/N-ethyl adjacent to an activating group) is 1. The Bertz CT molecular complexity index is 972. The number of carbonyl (C=O) groups excluding carboxylic acids is 3. The molecular formula is C26H38N4O4. The molecule has 0 saturated heterocycles. The number of amides is 4. The summed E-state index contributed by atoms with van der Waals surface area (Å²) in [6, 6.07) is 4.67. The van der Waals surface area contributed by atoms with Gasteiger partial charge in [-0.1, -0.05) is 37.6 Å². The van der Waals surface area contributed by atoms with Gasteiger partial charge in [-0.25, -0.2) is 4.79 Å². The van der Waals surface area contributed by atoms with Crippen molar-refractivity contribution in [3.05, 3.63) is 46.2 Å². The number of benzene rings is 1. The molecule has 2 unspecified atom stereocenters. The number of ether oxygens (including phenoxy) is 1. The van der Waals surface area contributed by atoms with Gasteiger partial charge in [-0.2, -0.15) is 0 Å². The lowest BCUT2D eigenvalue weighted by molar-refractivity contribution is -0.137. The minimum atomic E-state index is -0.603. The third kappa shape index (κ3) is 5.27. The van der Waals surface area contributed by atoms with E-state index < -0.39 is 12.1 Å². The van der Waals surface area contributed by atoms with Crippen molar-refractivity contribution in [3.8, 4) is 0 Å². The summed E-state index contributed by atoms with van der Waals surface area (Å²) in [4.78, 5) is 43.3. The molecule has 8 heteroatoms. The van der Waals surface area contributed by atoms with Crippen LogP contribution < -0.4 is 10.6 Å². The van der Waals surface area contributed by atoms with Crippen molar-refractivity contribution in [1.82, 2.24) is 20.4 Å². The van der Waals surface area contributed by atoms with Crippen LogP contribution in [0, 0.1) is 19.8 Å². The van der Waals surface area contributed by atoms with E-state index in [4.69, 9.17) is 4.74 Å². The highest BCUT2D eigenvalue weighted by molar-refractivity contribution is 6.03. The summed E-state index contributed by atoms with van der Waals surface area (Å²) in [5.41, 5.74) is 4.30. The van der Waals surface area contributed by atoms with Crippen LogP contribution in [0.25, 0.3) is 0 Å². The molecule has 0 spiro atoms. The zero-order valence-corrected chi connectivity index (χ0v) is 21.2. The number of methoxy groups -OCH3 is 1. The van der Waals surface area contributed by atoms with Crippen LogP contribution in [0.5, 0.6) is 0 Å². The van der Waals surface area contributed by atoms with Gasteiger partial charge in [0.05, 0.1) is 23.9 Å². The van der Waals surface area contributed by atoms with Gasteiger partial charge in [0, 0.05) is 26.8 Å². The fourth-order valence-electron chi connectivity index (χ4n) is 4.85. The van der Waals surface area contributed by atoms with Crippen molar-refractivity contribution in [2.45, 2.75) is 59.5 Å². The van der Waals surface area contributed by atoms with Crippen molar-refractivity contribution in [2.75, 3.05) is 33.4 Å². The number of urea groups is 1. The van der Waals surface area contributed by atoms with Crippen LogP contribution in [0.15, 0.2) is 29.5 Å². The SMILES string of the molecule is CCN1C(=O)NC(c2ccc(C)cc2C)C2=C1CN(C(CC(C)C)C(=O)NCCCOC)C2=O. The first-order valence-electron chi connectivity index (χ1n) is 12.1. The molecule has 0 fully saturated rings. The fraction of sp³-hybridized carbons (Fsp3) is 0.577. The molecule has 3 rings (SSSR count). The lowest BCUT2D eigenvalue weighted by Gasteiger charge is -2.33. The average molecular weight is 471 g/mol. The first-order chi connectivity index (χ1) is 16.2. The molecule has 0 radical (unpaired) electrons. The third-order valence-electron chi connectivity index (χ3n) is 6.50. The zero-order chi connectivity index (χ0) is 25.0. The van der Waals surface area contributed by atoms with Gasteiger partial charge in [-0.3, -0.25) is 14.5 Å². The van der Waals surface area contributed by atoms with Crippen molar-refractivity contribution in [1.29, 1.82) is 0 Å². The summed E-state index contributed by atoms with van der Waals surface area (Å²) in [6.07, 6.45) is 1.25. The van der Waals surface area contributed by atoms with E-state index >= 15 is 0 Å². The second kappa shape index (κ2) is 11.0. The molecule has 0 aliphatic carbocycles. The number of carbonyl (C=O) groups is 3. The zero-order valence-electron chi connectivity index (χ0n) is 21.2. The van der Waals surface area contributed by atoms with E-state index in [1.165, 1.54) is 0 Å². The Morgan fingerprint density at radius 3 is 2.62 bits per heavy atom. The fourth-order valence-corrected chi connectivity index (χ4v) is 4.85. The van der Waals surface area contributed by atoms with Crippen molar-refractivity contribution in [3.63, 3.8) is 0 Å². The predicted octanol–water partition coefficient (Wildman–Crippen LogP) is 3.05. The molecule has 34 heavy (non-hydrogen) atoms. The Morgan fingerprint density at radius 1 is 1.26 bits per heavy atom. The van der Waals surface area contributed by atoms with E-state index in [1.54, 1.807) is 16.9 Å². The molecule has 2 heterocycles. The third-order valence-corrected chi connectivity index (χ3v) is 6.50. The normalized spacial score (nSPS) is 19.0. The van der Waals surface area contributed by atoms with Gasteiger partial charge >= 0.3 is 6.03 Å². The van der Waals surface area contributed by atoms with Crippen LogP contribution in [0.3, 0.4) is 0 Å². The maximum Gasteiger partial charge on any atom is 0.322 e. The van der Waals surface area contributed by atoms with Crippen LogP contribution >= 0.6 is 0 Å². The molecule has 1 aromatic carbocycles. The lowest BCUT2D eigenvalue weighted by Crippen LogP contribution is -2.49. The Labute approximate surface area is 202 Å². The van der Waals surface area contributed by atoms with Crippen LogP contribution in [0.1, 0.15) is 56.3 Å². The molecule has 1 aromatic rings. The number of rotatable bonds is 10. The van der Waals surface area contributed by atoms with Gasteiger partial charge in [-0.05, 0) is 50.7 Å². The van der Waals surface area contributed by atoms with E-state index in [0.717, 1.165) is 16.7 Å². The minimum Gasteiger partial charge on any atom is -0.385 e. The number of aryl methyl sites for hydroxylation is 2. The Morgan fingerprint density at radius 2 is 2.00 bits per heavy atom. The molecular weight excluding hydrogens is 432 g/mol. The van der Waals surface area contributed by atoms with Gasteiger partial charge in [0.25, 0.3) is 5.91 Å². The highest BCUT2D eigenvalue weighted by Gasteiger charge is 2.47. The monoisotopic (exact) mass is 470 g/mol. The van der Waals surface area contributed by atoms with Crippen molar-refractivity contribution in [2.24, 2.45) is 5.92 Å². The second-order valence-electron chi connectivity index (χ2n) is 9.56. The largest absolute Gasteiger partial charge is 0.385 e. The molecule has 2 aliphatic heterocycles. The molecule has 0 aromatic heterocycles. The quantitative estimate of drug-likeness (QED) is 0.514. The molecule has 2 N–H and O–H groups in total. The summed E-state index contributed by atoms with van der Waals surface area (Å²) >= 11 is 0.